The lowest BCUT2D eigenvalue weighted by Crippen LogP contribution is -2.06. The largest absolute Gasteiger partial charge is 0.478 e. The van der Waals surface area contributed by atoms with Gasteiger partial charge in [-0.15, -0.1) is 0 Å². The van der Waals surface area contributed by atoms with Crippen LogP contribution in [0.3, 0.4) is 0 Å². The fourth-order valence-corrected chi connectivity index (χ4v) is 4.08. The van der Waals surface area contributed by atoms with E-state index in [1.807, 2.05) is 54.6 Å². The highest BCUT2D eigenvalue weighted by Gasteiger charge is 2.20. The number of ketones is 1. The Morgan fingerprint density at radius 2 is 1.45 bits per heavy atom. The molecule has 0 aliphatic carbocycles. The predicted octanol–water partition coefficient (Wildman–Crippen LogP) is 5.78. The summed E-state index contributed by atoms with van der Waals surface area (Å²) in [5, 5.41) is 10.4. The molecule has 0 spiro atoms. The van der Waals surface area contributed by atoms with E-state index in [1.165, 1.54) is 5.56 Å². The monoisotopic (exact) mass is 411 g/mol. The van der Waals surface area contributed by atoms with Crippen molar-refractivity contribution in [2.75, 3.05) is 0 Å². The van der Waals surface area contributed by atoms with Crippen molar-refractivity contribution >= 4 is 22.7 Å². The highest BCUT2D eigenvalue weighted by atomic mass is 16.4. The summed E-state index contributed by atoms with van der Waals surface area (Å²) in [7, 11) is 0. The molecule has 4 rings (SSSR count). The van der Waals surface area contributed by atoms with Crippen LogP contribution in [-0.4, -0.2) is 21.8 Å². The zero-order chi connectivity index (χ0) is 21.8. The minimum Gasteiger partial charge on any atom is -0.478 e. The Kier molecular flexibility index (Phi) is 5.99. The molecule has 4 nitrogen and oxygen atoms in total. The zero-order valence-corrected chi connectivity index (χ0v) is 17.5. The summed E-state index contributed by atoms with van der Waals surface area (Å²) in [6, 6.07) is 23.6. The second kappa shape index (κ2) is 9.00. The molecule has 0 saturated carbocycles. The van der Waals surface area contributed by atoms with E-state index in [0.717, 1.165) is 28.5 Å². The number of Topliss-reactive ketones (excluding diaryl/α,β-unsaturated/α-hetero) is 1. The molecule has 2 N–H and O–H groups in total. The van der Waals surface area contributed by atoms with Crippen molar-refractivity contribution in [1.82, 2.24) is 4.98 Å². The van der Waals surface area contributed by atoms with Crippen LogP contribution in [0.15, 0.2) is 72.8 Å². The molecule has 0 atom stereocenters. The molecule has 0 aliphatic rings. The molecule has 0 unspecified atom stereocenters. The molecule has 3 aromatic carbocycles. The fourth-order valence-electron chi connectivity index (χ4n) is 4.08. The van der Waals surface area contributed by atoms with Crippen molar-refractivity contribution in [3.05, 3.63) is 106 Å². The molecule has 4 aromatic rings. The summed E-state index contributed by atoms with van der Waals surface area (Å²) in [6.07, 6.45) is 2.52. The first-order chi connectivity index (χ1) is 15.0. The van der Waals surface area contributed by atoms with Crippen LogP contribution in [0.5, 0.6) is 0 Å². The molecule has 0 aliphatic heterocycles. The van der Waals surface area contributed by atoms with Gasteiger partial charge in [0.25, 0.3) is 0 Å². The molecule has 0 fully saturated rings. The lowest BCUT2D eigenvalue weighted by molar-refractivity contribution is 0.0696. The molecule has 1 heterocycles. The maximum Gasteiger partial charge on any atom is 0.335 e. The minimum atomic E-state index is -0.952. The van der Waals surface area contributed by atoms with E-state index in [-0.39, 0.29) is 11.3 Å². The van der Waals surface area contributed by atoms with E-state index in [4.69, 9.17) is 0 Å². The van der Waals surface area contributed by atoms with Crippen LogP contribution in [0.4, 0.5) is 0 Å². The number of aromatic nitrogens is 1. The van der Waals surface area contributed by atoms with Crippen LogP contribution in [0.25, 0.3) is 10.9 Å². The van der Waals surface area contributed by atoms with Crippen LogP contribution in [0.2, 0.25) is 0 Å². The van der Waals surface area contributed by atoms with Crippen molar-refractivity contribution in [2.24, 2.45) is 0 Å². The number of aromatic amines is 1. The van der Waals surface area contributed by atoms with Gasteiger partial charge in [-0.25, -0.2) is 4.79 Å². The Bertz CT molecular complexity index is 1220. The van der Waals surface area contributed by atoms with Crippen molar-refractivity contribution in [3.8, 4) is 0 Å². The Morgan fingerprint density at radius 1 is 0.839 bits per heavy atom. The van der Waals surface area contributed by atoms with Gasteiger partial charge in [0.05, 0.1) is 11.3 Å². The smallest absolute Gasteiger partial charge is 0.335 e. The number of hydrogen-bond acceptors (Lipinski definition) is 2. The van der Waals surface area contributed by atoms with Crippen molar-refractivity contribution in [1.29, 1.82) is 0 Å². The summed E-state index contributed by atoms with van der Waals surface area (Å²) >= 11 is 0. The van der Waals surface area contributed by atoms with Crippen LogP contribution in [-0.2, 0) is 19.3 Å². The van der Waals surface area contributed by atoms with Crippen LogP contribution < -0.4 is 0 Å². The zero-order valence-electron chi connectivity index (χ0n) is 17.5. The number of hydrogen-bond donors (Lipinski definition) is 2. The number of carbonyl (C=O) groups is 2. The number of H-pyrrole nitrogens is 1. The lowest BCUT2D eigenvalue weighted by Gasteiger charge is -2.07. The quantitative estimate of drug-likeness (QED) is 0.361. The van der Waals surface area contributed by atoms with E-state index >= 15 is 0 Å². The third-order valence-corrected chi connectivity index (χ3v) is 5.75. The summed E-state index contributed by atoms with van der Waals surface area (Å²) in [6.45, 7) is 1.78. The molecule has 0 bridgehead atoms. The van der Waals surface area contributed by atoms with Gasteiger partial charge in [-0.05, 0) is 60.6 Å². The Balaban J connectivity index is 1.69. The first-order valence-electron chi connectivity index (χ1n) is 10.5. The molecule has 156 valence electrons. The second-order valence-electron chi connectivity index (χ2n) is 7.89. The predicted molar refractivity (Wildman–Crippen MR) is 123 cm³/mol. The number of fused-ring (bicyclic) bond motifs is 1. The molecule has 1 aromatic heterocycles. The second-order valence-corrected chi connectivity index (χ2v) is 7.89. The van der Waals surface area contributed by atoms with Gasteiger partial charge in [0.1, 0.15) is 0 Å². The summed E-state index contributed by atoms with van der Waals surface area (Å²) < 4.78 is 0. The van der Waals surface area contributed by atoms with Crippen LogP contribution >= 0.6 is 0 Å². The number of carbonyl (C=O) groups excluding carboxylic acids is 1. The van der Waals surface area contributed by atoms with Crippen LogP contribution in [0, 0.1) is 6.92 Å². The number of benzene rings is 3. The van der Waals surface area contributed by atoms with Gasteiger partial charge in [-0.3, -0.25) is 4.79 Å². The van der Waals surface area contributed by atoms with E-state index in [1.54, 1.807) is 13.0 Å². The average molecular weight is 412 g/mol. The number of aryl methyl sites for hydroxylation is 4. The topological polar surface area (TPSA) is 70.2 Å². The summed E-state index contributed by atoms with van der Waals surface area (Å²) in [5.41, 5.74) is 5.58. The Morgan fingerprint density at radius 3 is 2.06 bits per heavy atom. The Hall–Kier alpha value is -3.66. The average Bonchev–Trinajstić information content (AvgIpc) is 3.14. The number of rotatable bonds is 8. The SMILES string of the molecule is Cc1cc2[nH]c(C(=O)CCc3ccccc3)c(CCc3ccccc3)c2cc1C(=O)O. The van der Waals surface area contributed by atoms with Crippen molar-refractivity contribution in [2.45, 2.75) is 32.6 Å². The van der Waals surface area contributed by atoms with Gasteiger partial charge in [0, 0.05) is 17.3 Å². The maximum absolute atomic E-state index is 13.2. The molecule has 0 amide bonds. The summed E-state index contributed by atoms with van der Waals surface area (Å²) in [5.74, 6) is -0.899. The van der Waals surface area contributed by atoms with E-state index < -0.39 is 5.97 Å². The molecule has 4 heteroatoms. The first kappa shape index (κ1) is 20.6. The van der Waals surface area contributed by atoms with E-state index in [2.05, 4.69) is 17.1 Å². The number of nitrogens with one attached hydrogen (secondary N) is 1. The highest BCUT2D eigenvalue weighted by molar-refractivity contribution is 6.04. The molecule has 31 heavy (non-hydrogen) atoms. The van der Waals surface area contributed by atoms with Gasteiger partial charge >= 0.3 is 5.97 Å². The van der Waals surface area contributed by atoms with Gasteiger partial charge in [-0.1, -0.05) is 60.7 Å². The number of aromatic carboxylic acids is 1. The molecular weight excluding hydrogens is 386 g/mol. The fraction of sp³-hybridized carbons (Fsp3) is 0.185. The first-order valence-corrected chi connectivity index (χ1v) is 10.5. The Labute approximate surface area is 181 Å². The van der Waals surface area contributed by atoms with Crippen molar-refractivity contribution in [3.63, 3.8) is 0 Å². The van der Waals surface area contributed by atoms with E-state index in [0.29, 0.717) is 30.5 Å². The standard InChI is InChI=1S/C27H25NO3/c1-18-16-24-23(17-22(18)27(30)31)21(14-12-19-8-4-2-5-9-19)26(28-24)25(29)15-13-20-10-6-3-7-11-20/h2-11,16-17,28H,12-15H2,1H3,(H,30,31). The molecule has 0 radical (unpaired) electrons. The van der Waals surface area contributed by atoms with Crippen molar-refractivity contribution < 1.29 is 14.7 Å². The van der Waals surface area contributed by atoms with Gasteiger partial charge in [0.15, 0.2) is 5.78 Å². The summed E-state index contributed by atoms with van der Waals surface area (Å²) in [4.78, 5) is 28.2. The number of carboxylic acid groups (broad SMARTS) is 1. The normalized spacial score (nSPS) is 11.0. The van der Waals surface area contributed by atoms with E-state index in [9.17, 15) is 14.7 Å². The van der Waals surface area contributed by atoms with Gasteiger partial charge in [-0.2, -0.15) is 0 Å². The van der Waals surface area contributed by atoms with Gasteiger partial charge < -0.3 is 10.1 Å². The lowest BCUT2D eigenvalue weighted by atomic mass is 9.96. The highest BCUT2D eigenvalue weighted by Crippen LogP contribution is 2.28. The number of carboxylic acids is 1. The van der Waals surface area contributed by atoms with Gasteiger partial charge in [0.2, 0.25) is 0 Å². The maximum atomic E-state index is 13.2. The third kappa shape index (κ3) is 4.58. The van der Waals surface area contributed by atoms with Crippen LogP contribution in [0.1, 0.15) is 49.5 Å². The minimum absolute atomic E-state index is 0.0534. The molecule has 0 saturated heterocycles. The molecular formula is C27H25NO3. The third-order valence-electron chi connectivity index (χ3n) is 5.75.